The van der Waals surface area contributed by atoms with Crippen molar-refractivity contribution >= 4 is 52.4 Å². The molecule has 0 radical (unpaired) electrons. The van der Waals surface area contributed by atoms with Crippen molar-refractivity contribution < 1.29 is 19.1 Å². The minimum absolute atomic E-state index is 0.0802. The summed E-state index contributed by atoms with van der Waals surface area (Å²) in [5.41, 5.74) is 1.42. The monoisotopic (exact) mass is 406 g/mol. The fourth-order valence-electron chi connectivity index (χ4n) is 2.71. The second-order valence-electron chi connectivity index (χ2n) is 5.92. The molecule has 0 aliphatic carbocycles. The molecule has 0 saturated carbocycles. The topological polar surface area (TPSA) is 75.7 Å². The second kappa shape index (κ2) is 8.41. The Morgan fingerprint density at radius 1 is 1.11 bits per heavy atom. The minimum atomic E-state index is -0.736. The van der Waals surface area contributed by atoms with Crippen LogP contribution in [0.3, 0.4) is 0 Å². The Morgan fingerprint density at radius 3 is 2.52 bits per heavy atom. The fraction of sp³-hybridized carbons (Fsp3) is 0.211. The van der Waals surface area contributed by atoms with Gasteiger partial charge in [-0.25, -0.2) is 4.79 Å². The number of halogens is 2. The van der Waals surface area contributed by atoms with Crippen LogP contribution in [0.1, 0.15) is 23.2 Å². The average molecular weight is 407 g/mol. The molecule has 1 heterocycles. The van der Waals surface area contributed by atoms with Crippen molar-refractivity contribution in [2.24, 2.45) is 0 Å². The molecule has 0 bridgehead atoms. The van der Waals surface area contributed by atoms with Crippen molar-refractivity contribution in [1.82, 2.24) is 0 Å². The number of amides is 2. The lowest BCUT2D eigenvalue weighted by Gasteiger charge is -2.16. The molecular weight excluding hydrogens is 391 g/mol. The lowest BCUT2D eigenvalue weighted by molar-refractivity contribution is -0.119. The summed E-state index contributed by atoms with van der Waals surface area (Å²) in [5, 5.41) is 2.93. The van der Waals surface area contributed by atoms with Gasteiger partial charge < -0.3 is 15.0 Å². The third kappa shape index (κ3) is 4.59. The third-order valence-corrected chi connectivity index (χ3v) is 4.86. The largest absolute Gasteiger partial charge is 0.452 e. The van der Waals surface area contributed by atoms with Gasteiger partial charge in [0.15, 0.2) is 6.61 Å². The van der Waals surface area contributed by atoms with E-state index in [1.807, 2.05) is 0 Å². The highest BCUT2D eigenvalue weighted by Crippen LogP contribution is 2.26. The van der Waals surface area contributed by atoms with Gasteiger partial charge in [0.2, 0.25) is 5.91 Å². The molecule has 0 unspecified atom stereocenters. The van der Waals surface area contributed by atoms with E-state index in [2.05, 4.69) is 5.32 Å². The molecule has 2 amide bonds. The predicted octanol–water partition coefficient (Wildman–Crippen LogP) is 3.92. The van der Waals surface area contributed by atoms with E-state index >= 15 is 0 Å². The lowest BCUT2D eigenvalue weighted by Crippen LogP contribution is -2.24. The summed E-state index contributed by atoms with van der Waals surface area (Å²) < 4.78 is 4.97. The van der Waals surface area contributed by atoms with Crippen molar-refractivity contribution in [1.29, 1.82) is 0 Å². The van der Waals surface area contributed by atoms with Crippen LogP contribution in [0.15, 0.2) is 42.5 Å². The molecule has 140 valence electrons. The van der Waals surface area contributed by atoms with Crippen LogP contribution >= 0.6 is 23.2 Å². The highest BCUT2D eigenvalue weighted by Gasteiger charge is 2.21. The number of benzene rings is 2. The molecule has 1 N–H and O–H groups in total. The SMILES string of the molecule is O=C(COC(=O)c1cccc(Cl)c1Cl)Nc1ccc(N2CCCC2=O)cc1. The van der Waals surface area contributed by atoms with Gasteiger partial charge in [0.05, 0.1) is 15.6 Å². The Kier molecular flexibility index (Phi) is 5.98. The number of hydrogen-bond donors (Lipinski definition) is 1. The zero-order valence-corrected chi connectivity index (χ0v) is 15.7. The van der Waals surface area contributed by atoms with E-state index in [0.717, 1.165) is 12.1 Å². The van der Waals surface area contributed by atoms with Crippen molar-refractivity contribution in [3.8, 4) is 0 Å². The fourth-order valence-corrected chi connectivity index (χ4v) is 3.09. The Labute approximate surface area is 166 Å². The number of nitrogens with one attached hydrogen (secondary N) is 1. The van der Waals surface area contributed by atoms with E-state index in [0.29, 0.717) is 18.7 Å². The number of hydrogen-bond acceptors (Lipinski definition) is 4. The third-order valence-electron chi connectivity index (χ3n) is 4.04. The van der Waals surface area contributed by atoms with E-state index in [1.165, 1.54) is 6.07 Å². The molecule has 1 saturated heterocycles. The zero-order chi connectivity index (χ0) is 19.4. The van der Waals surface area contributed by atoms with E-state index in [1.54, 1.807) is 41.3 Å². The number of carbonyl (C=O) groups excluding carboxylic acids is 3. The maximum absolute atomic E-state index is 12.0. The molecule has 1 aliphatic rings. The first-order valence-corrected chi connectivity index (χ1v) is 9.02. The first-order valence-electron chi connectivity index (χ1n) is 8.27. The average Bonchev–Trinajstić information content (AvgIpc) is 3.08. The molecule has 27 heavy (non-hydrogen) atoms. The Hall–Kier alpha value is -2.57. The molecule has 2 aromatic carbocycles. The van der Waals surface area contributed by atoms with Crippen molar-refractivity contribution in [2.75, 3.05) is 23.4 Å². The second-order valence-corrected chi connectivity index (χ2v) is 6.71. The van der Waals surface area contributed by atoms with Gasteiger partial charge in [-0.15, -0.1) is 0 Å². The number of esters is 1. The number of nitrogens with zero attached hydrogens (tertiary/aromatic N) is 1. The molecule has 0 spiro atoms. The van der Waals surface area contributed by atoms with Crippen LogP contribution in [0, 0.1) is 0 Å². The van der Waals surface area contributed by atoms with Crippen LogP contribution in [-0.2, 0) is 14.3 Å². The van der Waals surface area contributed by atoms with E-state index in [9.17, 15) is 14.4 Å². The molecule has 0 atom stereocenters. The standard InChI is InChI=1S/C19H16Cl2N2O4/c20-15-4-1-3-14(18(15)21)19(26)27-11-16(24)22-12-6-8-13(9-7-12)23-10-2-5-17(23)25/h1,3-4,6-9H,2,5,10-11H2,(H,22,24). The van der Waals surface area contributed by atoms with Crippen LogP contribution in [0.5, 0.6) is 0 Å². The maximum atomic E-state index is 12.0. The molecular formula is C19H16Cl2N2O4. The van der Waals surface area contributed by atoms with Gasteiger partial charge in [0, 0.05) is 24.3 Å². The summed E-state index contributed by atoms with van der Waals surface area (Å²) in [4.78, 5) is 37.4. The molecule has 1 aliphatic heterocycles. The van der Waals surface area contributed by atoms with Crippen molar-refractivity contribution in [3.63, 3.8) is 0 Å². The maximum Gasteiger partial charge on any atom is 0.340 e. The quantitative estimate of drug-likeness (QED) is 0.763. The van der Waals surface area contributed by atoms with Crippen LogP contribution < -0.4 is 10.2 Å². The Bertz CT molecular complexity index is 884. The van der Waals surface area contributed by atoms with E-state index < -0.39 is 18.5 Å². The van der Waals surface area contributed by atoms with E-state index in [4.69, 9.17) is 27.9 Å². The zero-order valence-electron chi connectivity index (χ0n) is 14.2. The summed E-state index contributed by atoms with van der Waals surface area (Å²) in [5.74, 6) is -1.13. The Morgan fingerprint density at radius 2 is 1.85 bits per heavy atom. The lowest BCUT2D eigenvalue weighted by atomic mass is 10.2. The normalized spacial score (nSPS) is 13.6. The number of anilines is 2. The molecule has 8 heteroatoms. The summed E-state index contributed by atoms with van der Waals surface area (Å²) >= 11 is 11.8. The smallest absolute Gasteiger partial charge is 0.340 e. The molecule has 1 fully saturated rings. The van der Waals surface area contributed by atoms with Gasteiger partial charge in [-0.05, 0) is 42.8 Å². The van der Waals surface area contributed by atoms with E-state index in [-0.39, 0.29) is 21.5 Å². The highest BCUT2D eigenvalue weighted by molar-refractivity contribution is 6.43. The van der Waals surface area contributed by atoms with Crippen LogP contribution in [0.4, 0.5) is 11.4 Å². The molecule has 6 nitrogen and oxygen atoms in total. The minimum Gasteiger partial charge on any atom is -0.452 e. The van der Waals surface area contributed by atoms with Gasteiger partial charge in [-0.1, -0.05) is 29.3 Å². The highest BCUT2D eigenvalue weighted by atomic mass is 35.5. The van der Waals surface area contributed by atoms with Gasteiger partial charge >= 0.3 is 5.97 Å². The van der Waals surface area contributed by atoms with Crippen LogP contribution in [0.2, 0.25) is 10.0 Å². The van der Waals surface area contributed by atoms with Crippen molar-refractivity contribution in [3.05, 3.63) is 58.1 Å². The van der Waals surface area contributed by atoms with Crippen molar-refractivity contribution in [2.45, 2.75) is 12.8 Å². The van der Waals surface area contributed by atoms with Gasteiger partial charge in [-0.2, -0.15) is 0 Å². The number of carbonyl (C=O) groups is 3. The molecule has 3 rings (SSSR count). The van der Waals surface area contributed by atoms with Gasteiger partial charge in [0.25, 0.3) is 5.91 Å². The summed E-state index contributed by atoms with van der Waals surface area (Å²) in [6.07, 6.45) is 1.40. The number of ether oxygens (including phenoxy) is 1. The van der Waals surface area contributed by atoms with Gasteiger partial charge in [-0.3, -0.25) is 9.59 Å². The first kappa shape index (κ1) is 19.2. The summed E-state index contributed by atoms with van der Waals surface area (Å²) in [7, 11) is 0. The summed E-state index contributed by atoms with van der Waals surface area (Å²) in [6, 6.07) is 11.5. The van der Waals surface area contributed by atoms with Gasteiger partial charge in [0.1, 0.15) is 0 Å². The summed E-state index contributed by atoms with van der Waals surface area (Å²) in [6.45, 7) is 0.237. The predicted molar refractivity (Wildman–Crippen MR) is 103 cm³/mol. The number of rotatable bonds is 5. The van der Waals surface area contributed by atoms with Crippen LogP contribution in [0.25, 0.3) is 0 Å². The first-order chi connectivity index (χ1) is 13.0. The molecule has 0 aromatic heterocycles. The Balaban J connectivity index is 1.54. The molecule has 2 aromatic rings. The van der Waals surface area contributed by atoms with Crippen LogP contribution in [-0.4, -0.2) is 30.9 Å².